The Balaban J connectivity index is 2.12. The molecule has 0 unspecified atom stereocenters. The molecule has 17 heavy (non-hydrogen) atoms. The zero-order valence-corrected chi connectivity index (χ0v) is 11.0. The fourth-order valence-electron chi connectivity index (χ4n) is 2.08. The van der Waals surface area contributed by atoms with Gasteiger partial charge in [0.25, 0.3) is 0 Å². The lowest BCUT2D eigenvalue weighted by atomic mass is 10.0. The van der Waals surface area contributed by atoms with Crippen molar-refractivity contribution in [2.24, 2.45) is 0 Å². The van der Waals surface area contributed by atoms with E-state index in [9.17, 15) is 0 Å². The maximum atomic E-state index is 3.45. The average molecular weight is 227 g/mol. The van der Waals surface area contributed by atoms with Crippen molar-refractivity contribution in [1.29, 1.82) is 0 Å². The summed E-state index contributed by atoms with van der Waals surface area (Å²) in [5.74, 6) is 0. The molecule has 1 heteroatoms. The molecule has 0 heterocycles. The van der Waals surface area contributed by atoms with Crippen LogP contribution in [-0.2, 0) is 6.42 Å². The summed E-state index contributed by atoms with van der Waals surface area (Å²) in [6.07, 6.45) is 1.10. The molecule has 0 aromatic heterocycles. The first-order valence-corrected chi connectivity index (χ1v) is 6.38. The van der Waals surface area contributed by atoms with Gasteiger partial charge in [0.1, 0.15) is 0 Å². The van der Waals surface area contributed by atoms with E-state index in [0.717, 1.165) is 13.0 Å². The topological polar surface area (TPSA) is 12.0 Å². The summed E-state index contributed by atoms with van der Waals surface area (Å²) in [4.78, 5) is 0. The van der Waals surface area contributed by atoms with Gasteiger partial charge in [-0.25, -0.2) is 0 Å². The second-order valence-electron chi connectivity index (χ2n) is 5.04. The van der Waals surface area contributed by atoms with E-state index < -0.39 is 0 Å². The molecule has 0 amide bonds. The van der Waals surface area contributed by atoms with Crippen LogP contribution < -0.4 is 5.32 Å². The largest absolute Gasteiger partial charge is 0.314 e. The Hall–Kier alpha value is -1.34. The van der Waals surface area contributed by atoms with Crippen molar-refractivity contribution in [3.05, 3.63) is 47.5 Å². The van der Waals surface area contributed by atoms with E-state index in [4.69, 9.17) is 0 Å². The minimum Gasteiger partial charge on any atom is -0.314 e. The second-order valence-corrected chi connectivity index (χ2v) is 5.04. The van der Waals surface area contributed by atoms with Crippen LogP contribution in [-0.4, -0.2) is 12.6 Å². The minimum absolute atomic E-state index is 0.568. The molecular weight excluding hydrogens is 206 g/mol. The van der Waals surface area contributed by atoms with Crippen molar-refractivity contribution in [2.75, 3.05) is 6.54 Å². The van der Waals surface area contributed by atoms with E-state index >= 15 is 0 Å². The van der Waals surface area contributed by atoms with E-state index in [0.29, 0.717) is 6.04 Å². The predicted octanol–water partition coefficient (Wildman–Crippen LogP) is 3.69. The number of hydrogen-bond donors (Lipinski definition) is 1. The van der Waals surface area contributed by atoms with Gasteiger partial charge in [-0.3, -0.25) is 0 Å². The summed E-state index contributed by atoms with van der Waals surface area (Å²) in [5, 5.41) is 6.13. The molecule has 0 spiro atoms. The number of fused-ring (bicyclic) bond motifs is 1. The maximum Gasteiger partial charge on any atom is 0.00105 e. The fraction of sp³-hybridized carbons (Fsp3) is 0.375. The molecule has 2 rings (SSSR count). The highest BCUT2D eigenvalue weighted by Gasteiger charge is 1.98. The van der Waals surface area contributed by atoms with E-state index in [1.807, 2.05) is 0 Å². The number of aryl methyl sites for hydroxylation is 1. The number of benzene rings is 2. The summed E-state index contributed by atoms with van der Waals surface area (Å²) in [6.45, 7) is 7.56. The lowest BCUT2D eigenvalue weighted by Crippen LogP contribution is -2.24. The van der Waals surface area contributed by atoms with E-state index in [1.165, 1.54) is 21.9 Å². The van der Waals surface area contributed by atoms with Crippen LogP contribution in [0.1, 0.15) is 25.0 Å². The molecule has 0 atom stereocenters. The third kappa shape index (κ3) is 3.31. The molecule has 1 nitrogen and oxygen atoms in total. The van der Waals surface area contributed by atoms with Gasteiger partial charge in [0.15, 0.2) is 0 Å². The number of rotatable bonds is 4. The van der Waals surface area contributed by atoms with Crippen LogP contribution in [0.15, 0.2) is 36.4 Å². The standard InChI is InChI=1S/C16H21N/c1-12(2)17-9-8-14-5-7-15-10-13(3)4-6-16(15)11-14/h4-7,10-12,17H,8-9H2,1-3H3. The monoisotopic (exact) mass is 227 g/mol. The molecular formula is C16H21N. The first kappa shape index (κ1) is 12.1. The molecule has 0 saturated carbocycles. The van der Waals surface area contributed by atoms with Crippen LogP contribution in [0.5, 0.6) is 0 Å². The quantitative estimate of drug-likeness (QED) is 0.840. The highest BCUT2D eigenvalue weighted by Crippen LogP contribution is 2.17. The lowest BCUT2D eigenvalue weighted by Gasteiger charge is -2.08. The Morgan fingerprint density at radius 2 is 1.71 bits per heavy atom. The normalized spacial score (nSPS) is 11.3. The Labute approximate surface area is 104 Å². The third-order valence-electron chi connectivity index (χ3n) is 3.03. The van der Waals surface area contributed by atoms with Crippen LogP contribution in [0.4, 0.5) is 0 Å². The Morgan fingerprint density at radius 1 is 1.00 bits per heavy atom. The molecule has 90 valence electrons. The Bertz CT molecular complexity index is 500. The van der Waals surface area contributed by atoms with Gasteiger partial charge < -0.3 is 5.32 Å². The number of nitrogens with one attached hydrogen (secondary N) is 1. The average Bonchev–Trinajstić information content (AvgIpc) is 2.29. The van der Waals surface area contributed by atoms with Crippen LogP contribution in [0.2, 0.25) is 0 Å². The smallest absolute Gasteiger partial charge is 0.00105 e. The zero-order chi connectivity index (χ0) is 12.3. The fourth-order valence-corrected chi connectivity index (χ4v) is 2.08. The summed E-state index contributed by atoms with van der Waals surface area (Å²) in [5.41, 5.74) is 2.74. The Kier molecular flexibility index (Phi) is 3.80. The van der Waals surface area contributed by atoms with Gasteiger partial charge in [-0.1, -0.05) is 55.8 Å². The number of hydrogen-bond acceptors (Lipinski definition) is 1. The van der Waals surface area contributed by atoms with Gasteiger partial charge in [0.05, 0.1) is 0 Å². The van der Waals surface area contributed by atoms with Crippen molar-refractivity contribution in [1.82, 2.24) is 5.32 Å². The van der Waals surface area contributed by atoms with Crippen molar-refractivity contribution < 1.29 is 0 Å². The molecule has 0 aliphatic heterocycles. The van der Waals surface area contributed by atoms with Crippen molar-refractivity contribution in [3.63, 3.8) is 0 Å². The molecule has 0 bridgehead atoms. The zero-order valence-electron chi connectivity index (χ0n) is 11.0. The highest BCUT2D eigenvalue weighted by atomic mass is 14.9. The van der Waals surface area contributed by atoms with Gasteiger partial charge in [0, 0.05) is 6.04 Å². The lowest BCUT2D eigenvalue weighted by molar-refractivity contribution is 0.590. The van der Waals surface area contributed by atoms with E-state index in [2.05, 4.69) is 62.5 Å². The van der Waals surface area contributed by atoms with Crippen LogP contribution in [0.25, 0.3) is 10.8 Å². The summed E-state index contributed by atoms with van der Waals surface area (Å²) in [7, 11) is 0. The molecule has 0 aliphatic rings. The van der Waals surface area contributed by atoms with Gasteiger partial charge in [-0.05, 0) is 36.2 Å². The van der Waals surface area contributed by atoms with E-state index in [-0.39, 0.29) is 0 Å². The summed E-state index contributed by atoms with van der Waals surface area (Å²) in [6, 6.07) is 14.0. The maximum absolute atomic E-state index is 3.45. The predicted molar refractivity (Wildman–Crippen MR) is 75.5 cm³/mol. The second kappa shape index (κ2) is 5.33. The SMILES string of the molecule is Cc1ccc2cc(CCNC(C)C)ccc2c1. The molecule has 0 aliphatic carbocycles. The summed E-state index contributed by atoms with van der Waals surface area (Å²) >= 11 is 0. The molecule has 0 saturated heterocycles. The van der Waals surface area contributed by atoms with Crippen LogP contribution in [0.3, 0.4) is 0 Å². The van der Waals surface area contributed by atoms with Gasteiger partial charge >= 0.3 is 0 Å². The van der Waals surface area contributed by atoms with Crippen LogP contribution in [0, 0.1) is 6.92 Å². The van der Waals surface area contributed by atoms with Crippen molar-refractivity contribution in [2.45, 2.75) is 33.2 Å². The third-order valence-corrected chi connectivity index (χ3v) is 3.03. The van der Waals surface area contributed by atoms with Crippen molar-refractivity contribution in [3.8, 4) is 0 Å². The Morgan fingerprint density at radius 3 is 2.47 bits per heavy atom. The molecule has 0 fully saturated rings. The summed E-state index contributed by atoms with van der Waals surface area (Å²) < 4.78 is 0. The molecule has 0 radical (unpaired) electrons. The first-order valence-electron chi connectivity index (χ1n) is 6.38. The van der Waals surface area contributed by atoms with Gasteiger partial charge in [-0.2, -0.15) is 0 Å². The highest BCUT2D eigenvalue weighted by molar-refractivity contribution is 5.83. The van der Waals surface area contributed by atoms with E-state index in [1.54, 1.807) is 0 Å². The van der Waals surface area contributed by atoms with Gasteiger partial charge in [-0.15, -0.1) is 0 Å². The first-order chi connectivity index (χ1) is 8.15. The molecule has 2 aromatic rings. The van der Waals surface area contributed by atoms with Crippen LogP contribution >= 0.6 is 0 Å². The van der Waals surface area contributed by atoms with Gasteiger partial charge in [0.2, 0.25) is 0 Å². The van der Waals surface area contributed by atoms with Crippen molar-refractivity contribution >= 4 is 10.8 Å². The minimum atomic E-state index is 0.568. The molecule has 2 aromatic carbocycles. The molecule has 1 N–H and O–H groups in total.